The third kappa shape index (κ3) is 5.08. The number of hydrogen-bond acceptors (Lipinski definition) is 7. The molecule has 2 aliphatic heterocycles. The first-order valence-electron chi connectivity index (χ1n) is 12.2. The van der Waals surface area contributed by atoms with Crippen LogP contribution in [0.3, 0.4) is 0 Å². The highest BCUT2D eigenvalue weighted by molar-refractivity contribution is 9.10. The normalized spacial score (nSPS) is 21.1. The Bertz CT molecular complexity index is 1280. The number of hydrogen-bond donors (Lipinski definition) is 1. The first-order valence-corrected chi connectivity index (χ1v) is 14.2. The minimum absolute atomic E-state index is 0.00762. The van der Waals surface area contributed by atoms with Gasteiger partial charge in [-0.25, -0.2) is 19.0 Å². The van der Waals surface area contributed by atoms with Crippen LogP contribution in [0, 0.1) is 18.7 Å². The predicted molar refractivity (Wildman–Crippen MR) is 148 cm³/mol. The van der Waals surface area contributed by atoms with Crippen molar-refractivity contribution in [1.29, 1.82) is 0 Å². The molecule has 5 rings (SSSR count). The van der Waals surface area contributed by atoms with Gasteiger partial charge in [0.1, 0.15) is 21.7 Å². The second-order valence-corrected chi connectivity index (χ2v) is 13.2. The Morgan fingerprint density at radius 2 is 1.84 bits per heavy atom. The van der Waals surface area contributed by atoms with E-state index in [-0.39, 0.29) is 23.2 Å². The van der Waals surface area contributed by atoms with Crippen LogP contribution in [0.25, 0.3) is 10.9 Å². The Balaban J connectivity index is 1.89. The van der Waals surface area contributed by atoms with Gasteiger partial charge in [-0.1, -0.05) is 0 Å². The van der Waals surface area contributed by atoms with Crippen LogP contribution in [0.2, 0.25) is 0 Å². The lowest BCUT2D eigenvalue weighted by molar-refractivity contribution is 0.0217. The topological polar surface area (TPSA) is 98.0 Å². The Kier molecular flexibility index (Phi) is 7.11. The summed E-state index contributed by atoms with van der Waals surface area (Å²) in [6, 6.07) is 1.08. The van der Waals surface area contributed by atoms with Crippen LogP contribution in [0.1, 0.15) is 53.5 Å². The van der Waals surface area contributed by atoms with E-state index >= 15 is 4.39 Å². The van der Waals surface area contributed by atoms with Gasteiger partial charge < -0.3 is 20.1 Å². The molecular weight excluding hydrogens is 563 g/mol. The zero-order valence-electron chi connectivity index (χ0n) is 22.4. The Hall–Kier alpha value is -2.27. The maximum absolute atomic E-state index is 15.4. The number of carbonyl (C=O) groups is 2. The van der Waals surface area contributed by atoms with Crippen molar-refractivity contribution in [2.24, 2.45) is 5.92 Å². The highest BCUT2D eigenvalue weighted by atomic mass is 79.9. The molecule has 3 atom stereocenters. The molecule has 0 spiro atoms. The summed E-state index contributed by atoms with van der Waals surface area (Å²) < 4.78 is 27.2. The minimum Gasteiger partial charge on any atom is -0.444 e. The number of nitrogens with two attached hydrogens (primary N) is 1. The van der Waals surface area contributed by atoms with Gasteiger partial charge in [-0.3, -0.25) is 4.90 Å². The lowest BCUT2D eigenvalue weighted by Gasteiger charge is -2.44. The molecule has 1 aromatic carbocycles. The van der Waals surface area contributed by atoms with Crippen molar-refractivity contribution in [3.8, 4) is 0 Å². The monoisotopic (exact) mass is 596 g/mol. The van der Waals surface area contributed by atoms with Crippen LogP contribution in [0.4, 0.5) is 25.4 Å². The molecule has 3 aliphatic rings. The molecule has 2 amide bonds. The number of thioether (sulfide) groups is 1. The van der Waals surface area contributed by atoms with Gasteiger partial charge in [0.25, 0.3) is 0 Å². The van der Waals surface area contributed by atoms with E-state index in [0.29, 0.717) is 32.7 Å². The van der Waals surface area contributed by atoms with Crippen molar-refractivity contribution < 1.29 is 23.5 Å². The van der Waals surface area contributed by atoms with Crippen LogP contribution in [0.15, 0.2) is 15.6 Å². The number of aromatic nitrogens is 1. The molecule has 2 bridgehead atoms. The summed E-state index contributed by atoms with van der Waals surface area (Å²) >= 11 is 4.58. The van der Waals surface area contributed by atoms with E-state index in [1.807, 2.05) is 20.8 Å². The smallest absolute Gasteiger partial charge is 0.415 e. The average Bonchev–Trinajstić information content (AvgIpc) is 3.34. The number of pyridine rings is 1. The molecule has 2 saturated heterocycles. The van der Waals surface area contributed by atoms with Crippen molar-refractivity contribution >= 4 is 62.2 Å². The van der Waals surface area contributed by atoms with E-state index in [1.54, 1.807) is 44.9 Å². The van der Waals surface area contributed by atoms with Crippen molar-refractivity contribution in [3.05, 3.63) is 21.9 Å². The molecule has 37 heavy (non-hydrogen) atoms. The number of rotatable bonds is 3. The van der Waals surface area contributed by atoms with Gasteiger partial charge in [-0.15, -0.1) is 11.8 Å². The van der Waals surface area contributed by atoms with Gasteiger partial charge in [-0.2, -0.15) is 0 Å². The number of nitrogens with zero attached hydrogens (tertiary/aromatic N) is 3. The third-order valence-corrected chi connectivity index (χ3v) is 8.19. The van der Waals surface area contributed by atoms with Crippen molar-refractivity contribution in [3.63, 3.8) is 0 Å². The fraction of sp³-hybridized carbons (Fsp3) is 0.577. The van der Waals surface area contributed by atoms with E-state index in [4.69, 9.17) is 15.2 Å². The number of halogens is 2. The Morgan fingerprint density at radius 1 is 1.22 bits per heavy atom. The van der Waals surface area contributed by atoms with Gasteiger partial charge in [0.2, 0.25) is 0 Å². The zero-order valence-corrected chi connectivity index (χ0v) is 24.8. The lowest BCUT2D eigenvalue weighted by atomic mass is 9.78. The number of fused-ring (bicyclic) bond motifs is 2. The van der Waals surface area contributed by atoms with Crippen LogP contribution in [-0.2, 0) is 9.47 Å². The summed E-state index contributed by atoms with van der Waals surface area (Å²) in [4.78, 5) is 34.5. The van der Waals surface area contributed by atoms with E-state index < -0.39 is 35.2 Å². The highest BCUT2D eigenvalue weighted by Crippen LogP contribution is 2.50. The molecule has 2 aromatic rings. The van der Waals surface area contributed by atoms with Crippen LogP contribution in [0.5, 0.6) is 0 Å². The minimum atomic E-state index is -0.785. The second-order valence-electron chi connectivity index (χ2n) is 11.6. The van der Waals surface area contributed by atoms with E-state index in [2.05, 4.69) is 20.9 Å². The molecule has 1 aliphatic carbocycles. The molecule has 11 heteroatoms. The SMILES string of the molecule is CSc1nc2c(F)c(Br)c(C)cc2c(N(C(=O)OC(C)(C)C)[C@H]2[C@@H]3C[C@H]2N(C(=O)OC(C)(C)C)C3)c1N. The quantitative estimate of drug-likeness (QED) is 0.404. The number of ether oxygens (including phenoxy) is 2. The summed E-state index contributed by atoms with van der Waals surface area (Å²) in [7, 11) is 0. The summed E-state index contributed by atoms with van der Waals surface area (Å²) in [6.45, 7) is 13.0. The van der Waals surface area contributed by atoms with Crippen molar-refractivity contribution in [1.82, 2.24) is 9.88 Å². The van der Waals surface area contributed by atoms with Gasteiger partial charge in [0.15, 0.2) is 5.82 Å². The zero-order chi connectivity index (χ0) is 27.6. The standard InChI is InChI=1S/C26H34BrFN4O4S/c1-12-9-14-19(17(28)16(12)27)30-22(37-8)18(29)21(14)32(24(34)36-26(5,6)7)20-13-10-15(20)31(11-13)23(33)35-25(2,3)4/h9,13,15,20H,10-11,29H2,1-8H3/t13-,15-,20+/m1/s1. The number of nitrogen functional groups attached to an aromatic ring is 1. The summed E-state index contributed by atoms with van der Waals surface area (Å²) in [5, 5.41) is 0.816. The maximum Gasteiger partial charge on any atom is 0.415 e. The molecule has 1 saturated carbocycles. The molecular formula is C26H34BrFN4O4S. The number of aryl methyl sites for hydroxylation is 1. The maximum atomic E-state index is 15.4. The summed E-state index contributed by atoms with van der Waals surface area (Å²) in [5.74, 6) is -0.533. The molecule has 1 aromatic heterocycles. The van der Waals surface area contributed by atoms with Gasteiger partial charge in [0.05, 0.1) is 27.9 Å². The largest absolute Gasteiger partial charge is 0.444 e. The highest BCUT2D eigenvalue weighted by Gasteiger charge is 2.59. The molecule has 3 fully saturated rings. The second kappa shape index (κ2) is 9.48. The Labute approximate surface area is 229 Å². The summed E-state index contributed by atoms with van der Waals surface area (Å²) in [6.07, 6.45) is 1.49. The average molecular weight is 598 g/mol. The first kappa shape index (κ1) is 27.8. The molecule has 0 radical (unpaired) electrons. The Morgan fingerprint density at radius 3 is 2.41 bits per heavy atom. The molecule has 3 heterocycles. The summed E-state index contributed by atoms with van der Waals surface area (Å²) in [5.41, 5.74) is 6.57. The lowest BCUT2D eigenvalue weighted by Crippen LogP contribution is -2.59. The number of anilines is 2. The molecule has 0 unspecified atom stereocenters. The molecule has 2 N–H and O–H groups in total. The molecule has 202 valence electrons. The number of carbonyl (C=O) groups excluding carboxylic acids is 2. The van der Waals surface area contributed by atoms with Crippen molar-refractivity contribution in [2.75, 3.05) is 23.4 Å². The van der Waals surface area contributed by atoms with Crippen LogP contribution < -0.4 is 10.6 Å². The fourth-order valence-corrected chi connectivity index (χ4v) is 5.83. The van der Waals surface area contributed by atoms with Crippen LogP contribution in [-0.4, -0.2) is 58.2 Å². The van der Waals surface area contributed by atoms with Crippen molar-refractivity contribution in [2.45, 2.75) is 83.2 Å². The molecule has 8 nitrogen and oxygen atoms in total. The predicted octanol–water partition coefficient (Wildman–Crippen LogP) is 6.50. The third-order valence-electron chi connectivity index (χ3n) is 6.52. The fourth-order valence-electron chi connectivity index (χ4n) is 5.03. The number of amides is 2. The van der Waals surface area contributed by atoms with Gasteiger partial charge in [-0.05, 0) is 88.7 Å². The van der Waals surface area contributed by atoms with Crippen LogP contribution >= 0.6 is 27.7 Å². The first-order chi connectivity index (χ1) is 17.0. The van der Waals surface area contributed by atoms with E-state index in [9.17, 15) is 9.59 Å². The number of benzene rings is 1. The van der Waals surface area contributed by atoms with Gasteiger partial charge >= 0.3 is 12.2 Å². The van der Waals surface area contributed by atoms with E-state index in [0.717, 1.165) is 6.42 Å². The van der Waals surface area contributed by atoms with E-state index in [1.165, 1.54) is 16.7 Å². The van der Waals surface area contributed by atoms with Gasteiger partial charge in [0, 0.05) is 17.8 Å².